The second-order valence-electron chi connectivity index (χ2n) is 7.25. The van der Waals surface area contributed by atoms with Gasteiger partial charge in [-0.2, -0.15) is 17.5 Å². The number of aromatic nitrogens is 1. The van der Waals surface area contributed by atoms with Gasteiger partial charge in [0.25, 0.3) is 0 Å². The molecule has 0 aromatic carbocycles. The van der Waals surface area contributed by atoms with Crippen LogP contribution in [0.15, 0.2) is 42.1 Å². The predicted molar refractivity (Wildman–Crippen MR) is 104 cm³/mol. The molecule has 1 aromatic rings. The number of carboxylic acid groups (broad SMARTS) is 1. The summed E-state index contributed by atoms with van der Waals surface area (Å²) in [4.78, 5) is 13.1. The number of ether oxygens (including phenoxy) is 2. The molecule has 0 bridgehead atoms. The minimum atomic E-state index is -5.08. The number of carboxylic acids is 1. The van der Waals surface area contributed by atoms with Crippen molar-refractivity contribution in [3.63, 3.8) is 0 Å². The summed E-state index contributed by atoms with van der Waals surface area (Å²) in [6, 6.07) is 3.24. The molecule has 31 heavy (non-hydrogen) atoms. The van der Waals surface area contributed by atoms with Crippen LogP contribution in [0.1, 0.15) is 19.3 Å². The molecule has 0 saturated carbocycles. The summed E-state index contributed by atoms with van der Waals surface area (Å²) in [6.07, 6.45) is 2.18. The average Bonchev–Trinajstić information content (AvgIpc) is 2.74. The Labute approximate surface area is 178 Å². The first-order valence-electron chi connectivity index (χ1n) is 9.53. The first-order chi connectivity index (χ1) is 14.5. The average molecular weight is 466 g/mol. The maximum Gasteiger partial charge on any atom is 0.490 e. The molecular formula is C19H25F3N2O6S. The zero-order valence-electron chi connectivity index (χ0n) is 16.8. The Kier molecular flexibility index (Phi) is 8.57. The van der Waals surface area contributed by atoms with Crippen LogP contribution < -0.4 is 0 Å². The molecule has 0 amide bonds. The summed E-state index contributed by atoms with van der Waals surface area (Å²) < 4.78 is 70.8. The van der Waals surface area contributed by atoms with Gasteiger partial charge in [0.1, 0.15) is 4.90 Å². The number of sulfonamides is 1. The second kappa shape index (κ2) is 10.5. The molecule has 8 nitrogen and oxygen atoms in total. The van der Waals surface area contributed by atoms with Crippen LogP contribution in [-0.2, 0) is 24.3 Å². The van der Waals surface area contributed by atoms with E-state index in [1.165, 1.54) is 6.20 Å². The van der Waals surface area contributed by atoms with E-state index in [0.717, 1.165) is 19.4 Å². The molecule has 0 aliphatic carbocycles. The Morgan fingerprint density at radius 2 is 2.19 bits per heavy atom. The van der Waals surface area contributed by atoms with Gasteiger partial charge in [-0.05, 0) is 31.4 Å². The number of halogens is 3. The normalized spacial score (nSPS) is 24.4. The molecule has 2 atom stereocenters. The highest BCUT2D eigenvalue weighted by Crippen LogP contribution is 2.41. The monoisotopic (exact) mass is 466 g/mol. The summed E-state index contributed by atoms with van der Waals surface area (Å²) in [6.45, 7) is 6.25. The Morgan fingerprint density at radius 3 is 2.77 bits per heavy atom. The van der Waals surface area contributed by atoms with Crippen molar-refractivity contribution in [2.24, 2.45) is 5.41 Å². The lowest BCUT2D eigenvalue weighted by atomic mass is 9.73. The van der Waals surface area contributed by atoms with E-state index in [9.17, 15) is 21.6 Å². The van der Waals surface area contributed by atoms with Crippen LogP contribution in [-0.4, -0.2) is 74.0 Å². The van der Waals surface area contributed by atoms with E-state index in [1.54, 1.807) is 28.7 Å². The van der Waals surface area contributed by atoms with Gasteiger partial charge < -0.3 is 14.6 Å². The highest BCUT2D eigenvalue weighted by Gasteiger charge is 2.48. The van der Waals surface area contributed by atoms with Crippen molar-refractivity contribution >= 4 is 16.0 Å². The third kappa shape index (κ3) is 6.48. The van der Waals surface area contributed by atoms with Crippen LogP contribution in [0.3, 0.4) is 0 Å². The molecule has 2 aliphatic rings. The number of piperidine rings is 1. The second-order valence-corrected chi connectivity index (χ2v) is 9.19. The highest BCUT2D eigenvalue weighted by atomic mass is 32.2. The van der Waals surface area contributed by atoms with Crippen LogP contribution in [0.25, 0.3) is 0 Å². The smallest absolute Gasteiger partial charge is 0.475 e. The molecule has 2 unspecified atom stereocenters. The standard InChI is InChI=1S/C17H24N2O4S.C2HF3O2/c1-2-10-22-14-17-7-4-11-23-16(17)6-9-19(13-17)24(20,21)15-5-3-8-18-12-15;3-2(4,5)1(6)7/h2-3,5,8,12,16H,1,4,6-7,9-11,13-14H2;(H,6,7). The third-order valence-electron chi connectivity index (χ3n) is 5.09. The number of aliphatic carboxylic acids is 1. The van der Waals surface area contributed by atoms with Crippen molar-refractivity contribution in [3.05, 3.63) is 37.2 Å². The summed E-state index contributed by atoms with van der Waals surface area (Å²) in [5, 5.41) is 7.12. The number of alkyl halides is 3. The molecule has 0 spiro atoms. The highest BCUT2D eigenvalue weighted by molar-refractivity contribution is 7.89. The maximum absolute atomic E-state index is 12.9. The Hall–Kier alpha value is -2.02. The molecule has 0 radical (unpaired) electrons. The molecule has 12 heteroatoms. The van der Waals surface area contributed by atoms with Crippen LogP contribution in [0.5, 0.6) is 0 Å². The van der Waals surface area contributed by atoms with E-state index in [-0.39, 0.29) is 16.4 Å². The topological polar surface area (TPSA) is 106 Å². The Bertz CT molecular complexity index is 850. The lowest BCUT2D eigenvalue weighted by Gasteiger charge is -2.49. The van der Waals surface area contributed by atoms with Gasteiger partial charge in [-0.1, -0.05) is 6.08 Å². The third-order valence-corrected chi connectivity index (χ3v) is 6.92. The molecule has 174 valence electrons. The number of nitrogens with zero attached hydrogens (tertiary/aromatic N) is 2. The van der Waals surface area contributed by atoms with Gasteiger partial charge in [0.05, 0.1) is 19.3 Å². The summed E-state index contributed by atoms with van der Waals surface area (Å²) >= 11 is 0. The van der Waals surface area contributed by atoms with E-state index >= 15 is 0 Å². The van der Waals surface area contributed by atoms with Crippen molar-refractivity contribution in [1.29, 1.82) is 0 Å². The molecule has 2 fully saturated rings. The molecule has 3 rings (SSSR count). The van der Waals surface area contributed by atoms with Crippen LogP contribution in [0.2, 0.25) is 0 Å². The van der Waals surface area contributed by atoms with Crippen molar-refractivity contribution in [2.45, 2.75) is 36.4 Å². The van der Waals surface area contributed by atoms with E-state index in [1.807, 2.05) is 0 Å². The number of hydrogen-bond acceptors (Lipinski definition) is 6. The van der Waals surface area contributed by atoms with Crippen molar-refractivity contribution in [3.8, 4) is 0 Å². The van der Waals surface area contributed by atoms with Gasteiger partial charge >= 0.3 is 12.1 Å². The Balaban J connectivity index is 0.000000423. The lowest BCUT2D eigenvalue weighted by molar-refractivity contribution is -0.192. The van der Waals surface area contributed by atoms with E-state index in [2.05, 4.69) is 11.6 Å². The summed E-state index contributed by atoms with van der Waals surface area (Å²) in [5.74, 6) is -2.76. The molecule has 3 heterocycles. The van der Waals surface area contributed by atoms with Crippen LogP contribution in [0.4, 0.5) is 13.2 Å². The van der Waals surface area contributed by atoms with E-state index in [4.69, 9.17) is 19.4 Å². The molecule has 1 aromatic heterocycles. The van der Waals surface area contributed by atoms with E-state index in [0.29, 0.717) is 32.7 Å². The zero-order chi connectivity index (χ0) is 23.1. The van der Waals surface area contributed by atoms with E-state index < -0.39 is 22.2 Å². The maximum atomic E-state index is 12.9. The summed E-state index contributed by atoms with van der Waals surface area (Å²) in [7, 11) is -3.54. The van der Waals surface area contributed by atoms with Gasteiger partial charge in [-0.3, -0.25) is 4.98 Å². The van der Waals surface area contributed by atoms with Gasteiger partial charge in [0.2, 0.25) is 10.0 Å². The van der Waals surface area contributed by atoms with Gasteiger partial charge in [-0.25, -0.2) is 13.2 Å². The summed E-state index contributed by atoms with van der Waals surface area (Å²) in [5.41, 5.74) is -0.283. The molecule has 2 aliphatic heterocycles. The SMILES string of the molecule is C=CCOCC12CCCOC1CCN(S(=O)(=O)c1cccnc1)C2.O=C(O)C(F)(F)F. The first kappa shape index (κ1) is 25.2. The fourth-order valence-electron chi connectivity index (χ4n) is 3.66. The largest absolute Gasteiger partial charge is 0.490 e. The quantitative estimate of drug-likeness (QED) is 0.507. The number of pyridine rings is 1. The van der Waals surface area contributed by atoms with Crippen molar-refractivity contribution in [2.75, 3.05) is 32.9 Å². The number of fused-ring (bicyclic) bond motifs is 1. The molecule has 2 saturated heterocycles. The molecular weight excluding hydrogens is 441 g/mol. The van der Waals surface area contributed by atoms with Crippen molar-refractivity contribution in [1.82, 2.24) is 9.29 Å². The number of carbonyl (C=O) groups is 1. The van der Waals surface area contributed by atoms with Gasteiger partial charge in [0.15, 0.2) is 0 Å². The van der Waals surface area contributed by atoms with Gasteiger partial charge in [-0.15, -0.1) is 6.58 Å². The minimum absolute atomic E-state index is 0.0522. The fraction of sp³-hybridized carbons (Fsp3) is 0.579. The minimum Gasteiger partial charge on any atom is -0.475 e. The van der Waals surface area contributed by atoms with Crippen LogP contribution in [0, 0.1) is 5.41 Å². The lowest BCUT2D eigenvalue weighted by Crippen LogP contribution is -2.58. The predicted octanol–water partition coefficient (Wildman–Crippen LogP) is 2.48. The van der Waals surface area contributed by atoms with Crippen molar-refractivity contribution < 1.29 is 41.0 Å². The number of rotatable bonds is 6. The molecule has 1 N–H and O–H groups in total. The first-order valence-corrected chi connectivity index (χ1v) is 11.0. The zero-order valence-corrected chi connectivity index (χ0v) is 17.6. The number of hydrogen-bond donors (Lipinski definition) is 1. The van der Waals surface area contributed by atoms with Gasteiger partial charge in [0, 0.05) is 37.5 Å². The van der Waals surface area contributed by atoms with Crippen LogP contribution >= 0.6 is 0 Å². The fourth-order valence-corrected chi connectivity index (χ4v) is 5.18. The Morgan fingerprint density at radius 1 is 1.48 bits per heavy atom.